The van der Waals surface area contributed by atoms with Gasteiger partial charge in [0.15, 0.2) is 0 Å². The summed E-state index contributed by atoms with van der Waals surface area (Å²) >= 11 is 0. The van der Waals surface area contributed by atoms with Gasteiger partial charge in [-0.2, -0.15) is 5.26 Å². The van der Waals surface area contributed by atoms with E-state index in [0.717, 1.165) is 0 Å². The lowest BCUT2D eigenvalue weighted by atomic mass is 9.86. The molecule has 13 heavy (non-hydrogen) atoms. The molecule has 0 aromatic heterocycles. The highest BCUT2D eigenvalue weighted by Gasteiger charge is 2.42. The monoisotopic (exact) mass is 182 g/mol. The van der Waals surface area contributed by atoms with E-state index in [1.807, 2.05) is 13.0 Å². The topological polar surface area (TPSA) is 62.1 Å². The van der Waals surface area contributed by atoms with Gasteiger partial charge >= 0.3 is 0 Å². The predicted octanol–water partition coefficient (Wildman–Crippen LogP) is 0.441. The summed E-state index contributed by atoms with van der Waals surface area (Å²) in [6, 6.07) is 2.02. The number of ether oxygens (including phenoxy) is 1. The third-order valence-electron chi connectivity index (χ3n) is 2.09. The van der Waals surface area contributed by atoms with E-state index in [-0.39, 0.29) is 5.91 Å². The number of carbonyl (C=O) groups excluding carboxylic acids is 1. The van der Waals surface area contributed by atoms with Crippen molar-refractivity contribution in [3.8, 4) is 6.07 Å². The molecular formula is C9H14N2O2. The normalized spacial score (nSPS) is 19.8. The van der Waals surface area contributed by atoms with Crippen LogP contribution in [-0.4, -0.2) is 24.7 Å². The number of hydrogen-bond donors (Lipinski definition) is 1. The average molecular weight is 182 g/mol. The summed E-state index contributed by atoms with van der Waals surface area (Å²) in [4.78, 5) is 11.6. The zero-order chi connectivity index (χ0) is 10.1. The molecule has 1 N–H and O–H groups in total. The molecule has 0 aromatic carbocycles. The fraction of sp³-hybridized carbons (Fsp3) is 0.778. The maximum absolute atomic E-state index is 11.6. The first-order valence-electron chi connectivity index (χ1n) is 4.21. The molecule has 0 atom stereocenters. The zero-order valence-electron chi connectivity index (χ0n) is 8.18. The number of carbonyl (C=O) groups is 1. The van der Waals surface area contributed by atoms with Crippen LogP contribution in [0.3, 0.4) is 0 Å². The molecule has 0 unspecified atom stereocenters. The van der Waals surface area contributed by atoms with Crippen molar-refractivity contribution < 1.29 is 9.53 Å². The van der Waals surface area contributed by atoms with E-state index in [4.69, 9.17) is 10.00 Å². The largest absolute Gasteiger partial charge is 0.379 e. The Morgan fingerprint density at radius 1 is 1.62 bits per heavy atom. The summed E-state index contributed by atoms with van der Waals surface area (Å²) in [5.41, 5.74) is -1.23. The second kappa shape index (κ2) is 3.00. The fourth-order valence-corrected chi connectivity index (χ4v) is 1.00. The standard InChI is InChI=1S/C9H14N2O2/c1-8(2,4-10)11-7(12)9(3)5-13-6-9/h5-6H2,1-3H3,(H,11,12). The Labute approximate surface area is 77.9 Å². The highest BCUT2D eigenvalue weighted by Crippen LogP contribution is 2.27. The van der Waals surface area contributed by atoms with Crippen LogP contribution in [0.2, 0.25) is 0 Å². The lowest BCUT2D eigenvalue weighted by Gasteiger charge is -2.37. The third kappa shape index (κ3) is 1.99. The van der Waals surface area contributed by atoms with Gasteiger partial charge in [-0.05, 0) is 20.8 Å². The van der Waals surface area contributed by atoms with Crippen molar-refractivity contribution in [2.45, 2.75) is 26.3 Å². The number of nitrogens with one attached hydrogen (secondary N) is 1. The van der Waals surface area contributed by atoms with Crippen molar-refractivity contribution in [2.75, 3.05) is 13.2 Å². The number of rotatable bonds is 2. The first-order valence-corrected chi connectivity index (χ1v) is 4.21. The Balaban J connectivity index is 2.56. The molecule has 1 amide bonds. The van der Waals surface area contributed by atoms with E-state index >= 15 is 0 Å². The van der Waals surface area contributed by atoms with Crippen LogP contribution in [0.25, 0.3) is 0 Å². The van der Waals surface area contributed by atoms with Gasteiger partial charge in [0.05, 0.1) is 24.7 Å². The molecule has 0 spiro atoms. The smallest absolute Gasteiger partial charge is 0.231 e. The van der Waals surface area contributed by atoms with Crippen LogP contribution < -0.4 is 5.32 Å². The molecule has 0 aromatic rings. The molecule has 72 valence electrons. The minimum atomic E-state index is -0.796. The Hall–Kier alpha value is -1.08. The molecule has 1 aliphatic heterocycles. The summed E-state index contributed by atoms with van der Waals surface area (Å²) in [5, 5.41) is 11.4. The van der Waals surface area contributed by atoms with Gasteiger partial charge in [-0.3, -0.25) is 4.79 Å². The Kier molecular flexibility index (Phi) is 2.31. The Morgan fingerprint density at radius 3 is 2.46 bits per heavy atom. The maximum Gasteiger partial charge on any atom is 0.231 e. The van der Waals surface area contributed by atoms with E-state index in [1.165, 1.54) is 0 Å². The summed E-state index contributed by atoms with van der Waals surface area (Å²) in [6.45, 7) is 6.07. The second-order valence-electron chi connectivity index (χ2n) is 4.24. The van der Waals surface area contributed by atoms with Crippen LogP contribution in [0.4, 0.5) is 0 Å². The van der Waals surface area contributed by atoms with E-state index in [0.29, 0.717) is 13.2 Å². The van der Waals surface area contributed by atoms with E-state index in [1.54, 1.807) is 13.8 Å². The molecule has 1 aliphatic rings. The van der Waals surface area contributed by atoms with Crippen molar-refractivity contribution in [2.24, 2.45) is 5.41 Å². The van der Waals surface area contributed by atoms with Gasteiger partial charge in [0.1, 0.15) is 5.54 Å². The van der Waals surface area contributed by atoms with Crippen molar-refractivity contribution in [1.29, 1.82) is 5.26 Å². The minimum Gasteiger partial charge on any atom is -0.379 e. The van der Waals surface area contributed by atoms with E-state index < -0.39 is 11.0 Å². The van der Waals surface area contributed by atoms with Gasteiger partial charge in [0.25, 0.3) is 0 Å². The lowest BCUT2D eigenvalue weighted by Crippen LogP contribution is -2.56. The van der Waals surface area contributed by atoms with Crippen LogP contribution in [-0.2, 0) is 9.53 Å². The lowest BCUT2D eigenvalue weighted by molar-refractivity contribution is -0.158. The molecule has 0 radical (unpaired) electrons. The number of amides is 1. The van der Waals surface area contributed by atoms with Gasteiger partial charge in [-0.1, -0.05) is 0 Å². The van der Waals surface area contributed by atoms with Gasteiger partial charge in [-0.25, -0.2) is 0 Å². The molecule has 1 fully saturated rings. The third-order valence-corrected chi connectivity index (χ3v) is 2.09. The van der Waals surface area contributed by atoms with Crippen molar-refractivity contribution in [3.05, 3.63) is 0 Å². The molecule has 0 aliphatic carbocycles. The van der Waals surface area contributed by atoms with Crippen molar-refractivity contribution in [3.63, 3.8) is 0 Å². The Morgan fingerprint density at radius 2 is 2.15 bits per heavy atom. The zero-order valence-corrected chi connectivity index (χ0v) is 8.18. The van der Waals surface area contributed by atoms with Crippen LogP contribution in [0, 0.1) is 16.7 Å². The van der Waals surface area contributed by atoms with Gasteiger partial charge < -0.3 is 10.1 Å². The highest BCUT2D eigenvalue weighted by atomic mass is 16.5. The quantitative estimate of drug-likeness (QED) is 0.674. The van der Waals surface area contributed by atoms with Crippen LogP contribution in [0.5, 0.6) is 0 Å². The fourth-order valence-electron chi connectivity index (χ4n) is 1.00. The molecular weight excluding hydrogens is 168 g/mol. The SMILES string of the molecule is CC(C)(C#N)NC(=O)C1(C)COC1. The average Bonchev–Trinajstić information content (AvgIpc) is 1.99. The molecule has 1 saturated heterocycles. The number of nitrogens with zero attached hydrogens (tertiary/aromatic N) is 1. The minimum absolute atomic E-state index is 0.106. The van der Waals surface area contributed by atoms with E-state index in [2.05, 4.69) is 5.32 Å². The van der Waals surface area contributed by atoms with Crippen LogP contribution in [0.15, 0.2) is 0 Å². The summed E-state index contributed by atoms with van der Waals surface area (Å²) in [7, 11) is 0. The first kappa shape index (κ1) is 10.0. The van der Waals surface area contributed by atoms with Gasteiger partial charge in [-0.15, -0.1) is 0 Å². The number of hydrogen-bond acceptors (Lipinski definition) is 3. The van der Waals surface area contributed by atoms with Gasteiger partial charge in [0, 0.05) is 0 Å². The van der Waals surface area contributed by atoms with Crippen molar-refractivity contribution in [1.82, 2.24) is 5.32 Å². The van der Waals surface area contributed by atoms with Crippen LogP contribution >= 0.6 is 0 Å². The second-order valence-corrected chi connectivity index (χ2v) is 4.24. The van der Waals surface area contributed by atoms with Crippen molar-refractivity contribution >= 4 is 5.91 Å². The molecule has 4 nitrogen and oxygen atoms in total. The molecule has 4 heteroatoms. The van der Waals surface area contributed by atoms with E-state index in [9.17, 15) is 4.79 Å². The molecule has 0 saturated carbocycles. The summed E-state index contributed by atoms with van der Waals surface area (Å²) in [5.74, 6) is -0.106. The molecule has 1 heterocycles. The van der Waals surface area contributed by atoms with Crippen LogP contribution in [0.1, 0.15) is 20.8 Å². The maximum atomic E-state index is 11.6. The summed E-state index contributed by atoms with van der Waals surface area (Å²) in [6.07, 6.45) is 0. The number of nitriles is 1. The van der Waals surface area contributed by atoms with Gasteiger partial charge in [0.2, 0.25) is 5.91 Å². The molecule has 0 bridgehead atoms. The Bertz CT molecular complexity index is 261. The summed E-state index contributed by atoms with van der Waals surface area (Å²) < 4.78 is 4.96. The highest BCUT2D eigenvalue weighted by molar-refractivity contribution is 5.84. The molecule has 1 rings (SSSR count). The first-order chi connectivity index (χ1) is 5.90. The predicted molar refractivity (Wildman–Crippen MR) is 46.8 cm³/mol.